The van der Waals surface area contributed by atoms with Gasteiger partial charge in [-0.25, -0.2) is 0 Å². The van der Waals surface area contributed by atoms with Crippen LogP contribution in [0.25, 0.3) is 4.98 Å². The van der Waals surface area contributed by atoms with Crippen LogP contribution < -0.4 is 0 Å². The number of halogens is 1. The molecule has 10 heteroatoms. The highest BCUT2D eigenvalue weighted by molar-refractivity contribution is 6.35. The first-order valence-corrected chi connectivity index (χ1v) is 3.97. The van der Waals surface area contributed by atoms with Crippen molar-refractivity contribution in [2.45, 2.75) is 0 Å². The summed E-state index contributed by atoms with van der Waals surface area (Å²) in [6.07, 6.45) is 0. The fraction of sp³-hybridized carbons (Fsp3) is 0. The second kappa shape index (κ2) is 3.95. The maximum atomic E-state index is 10.5. The summed E-state index contributed by atoms with van der Waals surface area (Å²) < 4.78 is 0. The molecule has 0 unspecified atom stereocenters. The zero-order valence-electron chi connectivity index (χ0n) is 7.32. The molecule has 0 heterocycles. The molecule has 82 valence electrons. The lowest BCUT2D eigenvalue weighted by Crippen LogP contribution is -1.95. The lowest BCUT2D eigenvalue weighted by atomic mass is 10.2. The molecule has 0 fully saturated rings. The number of phenols is 1. The van der Waals surface area contributed by atoms with Crippen LogP contribution in [0.1, 0.15) is 0 Å². The summed E-state index contributed by atoms with van der Waals surface area (Å²) in [5.74, 6) is -1.04. The minimum atomic E-state index is -1.11. The molecule has 0 saturated carbocycles. The molecule has 0 aromatic heterocycles. The average Bonchev–Trinajstić information content (AvgIpc) is 2.16. The number of hydrogen-bond acceptors (Lipinski definition) is 6. The second-order valence-corrected chi connectivity index (χ2v) is 2.92. The quantitative estimate of drug-likeness (QED) is 0.482. The Morgan fingerprint density at radius 2 is 1.94 bits per heavy atom. The molecule has 0 aliphatic rings. The third-order valence-electron chi connectivity index (χ3n) is 1.66. The van der Waals surface area contributed by atoms with E-state index >= 15 is 0 Å². The van der Waals surface area contributed by atoms with E-state index in [0.717, 1.165) is 0 Å². The topological polar surface area (TPSA) is 135 Å². The molecule has 16 heavy (non-hydrogen) atoms. The molecule has 1 aromatic carbocycles. The highest BCUT2D eigenvalue weighted by Gasteiger charge is 2.36. The van der Waals surface area contributed by atoms with E-state index in [2.05, 4.69) is 4.98 Å². The molecule has 0 bridgehead atoms. The van der Waals surface area contributed by atoms with Crippen molar-refractivity contribution >= 4 is 28.7 Å². The van der Waals surface area contributed by atoms with Crippen molar-refractivity contribution in [3.63, 3.8) is 0 Å². The van der Waals surface area contributed by atoms with Crippen LogP contribution in [-0.4, -0.2) is 15.0 Å². The summed E-state index contributed by atoms with van der Waals surface area (Å²) in [5, 5.41) is 37.8. The van der Waals surface area contributed by atoms with Gasteiger partial charge in [0.25, 0.3) is 5.75 Å². The summed E-state index contributed by atoms with van der Waals surface area (Å²) in [6.45, 7) is 0. The van der Waals surface area contributed by atoms with Gasteiger partial charge in [0.2, 0.25) is 10.4 Å². The SMILES string of the molecule is N#[N+]c1cc([N+](=O)[O-])c(Cl)c([N+](=O)[O-])c1O. The normalized spacial score (nSPS) is 9.50. The Bertz CT molecular complexity index is 537. The molecule has 9 nitrogen and oxygen atoms in total. The number of hydrogen-bond donors (Lipinski definition) is 1. The highest BCUT2D eigenvalue weighted by Crippen LogP contribution is 2.46. The number of diazo groups is 1. The van der Waals surface area contributed by atoms with E-state index in [1.165, 1.54) is 0 Å². The predicted octanol–water partition coefficient (Wildman–Crippen LogP) is 2.35. The number of aromatic hydroxyl groups is 1. The van der Waals surface area contributed by atoms with Gasteiger partial charge in [-0.15, -0.1) is 0 Å². The standard InChI is InChI=1S/C6HClN4O5/c7-4-3(10(13)14)1-2(9-8)6(12)5(4)11(15)16/h1H/p+1. The molecule has 0 radical (unpaired) electrons. The van der Waals surface area contributed by atoms with Crippen LogP contribution in [0.4, 0.5) is 17.1 Å². The predicted molar refractivity (Wildman–Crippen MR) is 51.2 cm³/mol. The van der Waals surface area contributed by atoms with Crippen LogP contribution in [0.15, 0.2) is 6.07 Å². The van der Waals surface area contributed by atoms with Gasteiger partial charge in [0.1, 0.15) is 6.07 Å². The van der Waals surface area contributed by atoms with E-state index in [0.29, 0.717) is 6.07 Å². The van der Waals surface area contributed by atoms with Crippen molar-refractivity contribution in [1.82, 2.24) is 0 Å². The van der Waals surface area contributed by atoms with Gasteiger partial charge in [0, 0.05) is 0 Å². The number of nitrogens with zero attached hydrogens (tertiary/aromatic N) is 4. The Hall–Kier alpha value is -2.47. The molecule has 0 spiro atoms. The molecule has 0 saturated heterocycles. The fourth-order valence-corrected chi connectivity index (χ4v) is 1.27. The van der Waals surface area contributed by atoms with Gasteiger partial charge in [-0.2, -0.15) is 0 Å². The minimum Gasteiger partial charge on any atom is -0.496 e. The molecule has 0 aliphatic heterocycles. The molecular formula is C6H2ClN4O5+. The highest BCUT2D eigenvalue weighted by atomic mass is 35.5. The summed E-state index contributed by atoms with van der Waals surface area (Å²) in [6, 6.07) is 0.616. The van der Waals surface area contributed by atoms with E-state index < -0.39 is 37.7 Å². The Balaban J connectivity index is 3.73. The third-order valence-corrected chi connectivity index (χ3v) is 2.03. The molecular weight excluding hydrogens is 244 g/mol. The summed E-state index contributed by atoms with van der Waals surface area (Å²) >= 11 is 5.37. The van der Waals surface area contributed by atoms with Crippen LogP contribution in [-0.2, 0) is 0 Å². The van der Waals surface area contributed by atoms with Gasteiger partial charge in [-0.3, -0.25) is 20.2 Å². The molecule has 1 rings (SSSR count). The van der Waals surface area contributed by atoms with Gasteiger partial charge in [0.15, 0.2) is 4.98 Å². The maximum absolute atomic E-state index is 10.5. The Morgan fingerprint density at radius 1 is 1.38 bits per heavy atom. The molecule has 1 N–H and O–H groups in total. The average molecular weight is 246 g/mol. The third kappa shape index (κ3) is 1.69. The molecule has 0 amide bonds. The Kier molecular flexibility index (Phi) is 2.87. The van der Waals surface area contributed by atoms with Crippen molar-refractivity contribution in [1.29, 1.82) is 5.39 Å². The van der Waals surface area contributed by atoms with E-state index in [1.54, 1.807) is 0 Å². The number of phenolic OH excluding ortho intramolecular Hbond substituents is 1. The number of benzene rings is 1. The van der Waals surface area contributed by atoms with Gasteiger partial charge < -0.3 is 5.11 Å². The van der Waals surface area contributed by atoms with E-state index in [-0.39, 0.29) is 0 Å². The smallest absolute Gasteiger partial charge is 0.440 e. The van der Waals surface area contributed by atoms with Gasteiger partial charge >= 0.3 is 17.1 Å². The summed E-state index contributed by atoms with van der Waals surface area (Å²) in [5.41, 5.74) is -2.62. The first kappa shape index (κ1) is 11.6. The zero-order chi connectivity index (χ0) is 12.5. The van der Waals surface area contributed by atoms with Gasteiger partial charge in [-0.05, 0) is 0 Å². The van der Waals surface area contributed by atoms with Crippen LogP contribution >= 0.6 is 11.6 Å². The zero-order valence-corrected chi connectivity index (χ0v) is 8.08. The summed E-state index contributed by atoms with van der Waals surface area (Å²) in [7, 11) is 0. The molecule has 1 aromatic rings. The Morgan fingerprint density at radius 3 is 2.31 bits per heavy atom. The lowest BCUT2D eigenvalue weighted by Gasteiger charge is -1.97. The maximum Gasteiger partial charge on any atom is 0.440 e. The van der Waals surface area contributed by atoms with Crippen LogP contribution in [0.3, 0.4) is 0 Å². The van der Waals surface area contributed by atoms with Crippen molar-refractivity contribution in [2.24, 2.45) is 0 Å². The fourth-order valence-electron chi connectivity index (χ4n) is 0.983. The van der Waals surface area contributed by atoms with Crippen molar-refractivity contribution in [2.75, 3.05) is 0 Å². The van der Waals surface area contributed by atoms with Crippen molar-refractivity contribution < 1.29 is 15.0 Å². The summed E-state index contributed by atoms with van der Waals surface area (Å²) in [4.78, 5) is 21.3. The van der Waals surface area contributed by atoms with E-state index in [4.69, 9.17) is 17.0 Å². The first-order chi connectivity index (χ1) is 7.40. The second-order valence-electron chi connectivity index (χ2n) is 2.54. The van der Waals surface area contributed by atoms with E-state index in [9.17, 15) is 25.3 Å². The van der Waals surface area contributed by atoms with Crippen LogP contribution in [0.2, 0.25) is 5.02 Å². The van der Waals surface area contributed by atoms with Crippen molar-refractivity contribution in [3.05, 3.63) is 36.3 Å². The van der Waals surface area contributed by atoms with Gasteiger partial charge in [-0.1, -0.05) is 11.6 Å². The largest absolute Gasteiger partial charge is 0.496 e. The lowest BCUT2D eigenvalue weighted by molar-refractivity contribution is -0.394. The Labute approximate surface area is 91.8 Å². The van der Waals surface area contributed by atoms with E-state index in [1.807, 2.05) is 0 Å². The van der Waals surface area contributed by atoms with Crippen molar-refractivity contribution in [3.8, 4) is 5.75 Å². The van der Waals surface area contributed by atoms with Gasteiger partial charge in [0.05, 0.1) is 9.85 Å². The minimum absolute atomic E-state index is 0.616. The number of rotatable bonds is 2. The monoisotopic (exact) mass is 245 g/mol. The first-order valence-electron chi connectivity index (χ1n) is 3.59. The van der Waals surface area contributed by atoms with Crippen LogP contribution in [0, 0.1) is 25.6 Å². The number of nitro benzene ring substituents is 2. The molecule has 0 aliphatic carbocycles. The van der Waals surface area contributed by atoms with Crippen LogP contribution in [0.5, 0.6) is 5.75 Å². The molecule has 0 atom stereocenters. The number of nitro groups is 2.